The van der Waals surface area contributed by atoms with Gasteiger partial charge in [-0.05, 0) is 55.8 Å². The van der Waals surface area contributed by atoms with E-state index in [0.29, 0.717) is 30.1 Å². The summed E-state index contributed by atoms with van der Waals surface area (Å²) in [7, 11) is 0. The zero-order chi connectivity index (χ0) is 20.1. The summed E-state index contributed by atoms with van der Waals surface area (Å²) in [5.74, 6) is 7.35. The number of carbonyl (C=O) groups is 1. The van der Waals surface area contributed by atoms with Gasteiger partial charge >= 0.3 is 5.97 Å². The Balaban J connectivity index is 1.67. The topological polar surface area (TPSA) is 77.8 Å². The van der Waals surface area contributed by atoms with Crippen LogP contribution in [0.25, 0.3) is 0 Å². The molecule has 3 aliphatic carbocycles. The van der Waals surface area contributed by atoms with Crippen molar-refractivity contribution >= 4 is 5.97 Å². The molecular weight excluding hydrogens is 352 g/mol. The number of aliphatic hydroxyl groups is 2. The summed E-state index contributed by atoms with van der Waals surface area (Å²) >= 11 is 0. The largest absolute Gasteiger partial charge is 0.481 e. The summed E-state index contributed by atoms with van der Waals surface area (Å²) in [6.07, 6.45) is 11.5. The summed E-state index contributed by atoms with van der Waals surface area (Å²) in [6.45, 7) is 2.17. The number of aliphatic carboxylic acids is 1. The molecule has 3 fully saturated rings. The number of carboxylic acid groups (broad SMARTS) is 1. The molecule has 3 aliphatic rings. The highest BCUT2D eigenvalue weighted by Gasteiger charge is 2.52. The van der Waals surface area contributed by atoms with E-state index in [1.54, 1.807) is 0 Å². The van der Waals surface area contributed by atoms with Crippen LogP contribution < -0.4 is 0 Å². The molecule has 4 nitrogen and oxygen atoms in total. The predicted molar refractivity (Wildman–Crippen MR) is 109 cm³/mol. The molecule has 0 aromatic carbocycles. The first-order valence-electron chi connectivity index (χ1n) is 11.3. The van der Waals surface area contributed by atoms with Gasteiger partial charge in [-0.2, -0.15) is 0 Å². The van der Waals surface area contributed by atoms with Crippen molar-refractivity contribution < 1.29 is 20.1 Å². The molecule has 0 amide bonds. The summed E-state index contributed by atoms with van der Waals surface area (Å²) in [5, 5.41) is 29.9. The first-order valence-corrected chi connectivity index (χ1v) is 11.3. The Morgan fingerprint density at radius 3 is 2.68 bits per heavy atom. The maximum atomic E-state index is 10.8. The molecule has 28 heavy (non-hydrogen) atoms. The Morgan fingerprint density at radius 1 is 1.25 bits per heavy atom. The molecule has 3 saturated carbocycles. The van der Waals surface area contributed by atoms with Gasteiger partial charge in [0.1, 0.15) is 6.10 Å². The van der Waals surface area contributed by atoms with Crippen LogP contribution in [-0.2, 0) is 4.79 Å². The van der Waals surface area contributed by atoms with Gasteiger partial charge in [-0.3, -0.25) is 4.79 Å². The van der Waals surface area contributed by atoms with Crippen LogP contribution in [-0.4, -0.2) is 33.5 Å². The lowest BCUT2D eigenvalue weighted by molar-refractivity contribution is -0.136. The molecule has 0 aromatic rings. The van der Waals surface area contributed by atoms with Crippen LogP contribution in [0.3, 0.4) is 0 Å². The van der Waals surface area contributed by atoms with Crippen LogP contribution in [0.4, 0.5) is 0 Å². The van der Waals surface area contributed by atoms with E-state index in [1.165, 1.54) is 31.3 Å². The highest BCUT2D eigenvalue weighted by Crippen LogP contribution is 2.57. The van der Waals surface area contributed by atoms with E-state index in [9.17, 15) is 15.0 Å². The molecule has 0 saturated heterocycles. The van der Waals surface area contributed by atoms with Crippen molar-refractivity contribution in [2.24, 2.45) is 29.6 Å². The molecule has 3 rings (SSSR count). The minimum atomic E-state index is -0.751. The molecule has 4 heteroatoms. The minimum absolute atomic E-state index is 0.0647. The fraction of sp³-hybridized carbons (Fsp3) is 0.792. The second kappa shape index (κ2) is 9.94. The van der Waals surface area contributed by atoms with Crippen molar-refractivity contribution in [3.63, 3.8) is 0 Å². The number of hydrogen-bond donors (Lipinski definition) is 3. The number of allylic oxidation sites excluding steroid dienone is 2. The highest BCUT2D eigenvalue weighted by atomic mass is 16.4. The molecule has 6 atom stereocenters. The average molecular weight is 389 g/mol. The smallest absolute Gasteiger partial charge is 0.303 e. The van der Waals surface area contributed by atoms with Gasteiger partial charge in [-0.1, -0.05) is 62.5 Å². The van der Waals surface area contributed by atoms with Crippen molar-refractivity contribution in [3.8, 4) is 11.8 Å². The molecule has 0 heterocycles. The lowest BCUT2D eigenvalue weighted by Crippen LogP contribution is -2.51. The molecule has 3 N–H and O–H groups in total. The predicted octanol–water partition coefficient (Wildman–Crippen LogP) is 4.16. The quantitative estimate of drug-likeness (QED) is 0.452. The first kappa shape index (κ1) is 21.4. The average Bonchev–Trinajstić information content (AvgIpc) is 3.15. The maximum Gasteiger partial charge on any atom is 0.303 e. The van der Waals surface area contributed by atoms with E-state index >= 15 is 0 Å². The lowest BCUT2D eigenvalue weighted by Gasteiger charge is -2.55. The Morgan fingerprint density at radius 2 is 2.00 bits per heavy atom. The third kappa shape index (κ3) is 4.99. The van der Waals surface area contributed by atoms with Gasteiger partial charge in [0.2, 0.25) is 0 Å². The summed E-state index contributed by atoms with van der Waals surface area (Å²) < 4.78 is 0. The van der Waals surface area contributed by atoms with Crippen LogP contribution >= 0.6 is 0 Å². The Kier molecular flexibility index (Phi) is 7.60. The third-order valence-corrected chi connectivity index (χ3v) is 7.17. The van der Waals surface area contributed by atoms with E-state index in [1.807, 2.05) is 0 Å². The van der Waals surface area contributed by atoms with Gasteiger partial charge in [0, 0.05) is 6.42 Å². The molecule has 2 unspecified atom stereocenters. The van der Waals surface area contributed by atoms with Crippen molar-refractivity contribution in [3.05, 3.63) is 11.6 Å². The van der Waals surface area contributed by atoms with Crippen LogP contribution in [0, 0.1) is 41.4 Å². The summed E-state index contributed by atoms with van der Waals surface area (Å²) in [4.78, 5) is 10.8. The molecule has 0 aliphatic heterocycles. The number of hydrogen-bond acceptors (Lipinski definition) is 3. The minimum Gasteiger partial charge on any atom is -0.481 e. The maximum absolute atomic E-state index is 10.8. The highest BCUT2D eigenvalue weighted by molar-refractivity contribution is 5.66. The standard InChI is InChI=1S/C24H36O4/c1-2-6-19-18(9-5-10-23(27)28)20-13-14-22(26)21(24(19)20)12-11-17(25)15-16-7-3-4-8-16/h9,16-17,19-22,24-26H,2-8,10,13-15H2,1H3,(H,27,28)/b18-9-/t17?,19?,20-,21+,22-,24+/m0/s1. The zero-order valence-electron chi connectivity index (χ0n) is 17.1. The summed E-state index contributed by atoms with van der Waals surface area (Å²) in [5.41, 5.74) is 1.40. The Labute approximate surface area is 169 Å². The molecule has 0 spiro atoms. The van der Waals surface area contributed by atoms with Crippen molar-refractivity contribution in [2.45, 2.75) is 89.8 Å². The second-order valence-corrected chi connectivity index (χ2v) is 9.08. The van der Waals surface area contributed by atoms with E-state index in [4.69, 9.17) is 5.11 Å². The van der Waals surface area contributed by atoms with E-state index < -0.39 is 18.2 Å². The molecule has 0 aromatic heterocycles. The molecule has 0 radical (unpaired) electrons. The second-order valence-electron chi connectivity index (χ2n) is 9.08. The van der Waals surface area contributed by atoms with Crippen molar-refractivity contribution in [2.75, 3.05) is 0 Å². The van der Waals surface area contributed by atoms with Gasteiger partial charge < -0.3 is 15.3 Å². The van der Waals surface area contributed by atoms with Gasteiger partial charge in [0.25, 0.3) is 0 Å². The van der Waals surface area contributed by atoms with Crippen LogP contribution in [0.5, 0.6) is 0 Å². The van der Waals surface area contributed by atoms with E-state index in [0.717, 1.165) is 32.1 Å². The van der Waals surface area contributed by atoms with Crippen molar-refractivity contribution in [1.82, 2.24) is 0 Å². The van der Waals surface area contributed by atoms with E-state index in [2.05, 4.69) is 24.8 Å². The van der Waals surface area contributed by atoms with E-state index in [-0.39, 0.29) is 12.3 Å². The number of rotatable bonds is 7. The van der Waals surface area contributed by atoms with Gasteiger partial charge in [0.15, 0.2) is 0 Å². The van der Waals surface area contributed by atoms with Crippen LogP contribution in [0.2, 0.25) is 0 Å². The van der Waals surface area contributed by atoms with Crippen LogP contribution in [0.15, 0.2) is 11.6 Å². The fourth-order valence-corrected chi connectivity index (χ4v) is 5.87. The first-order chi connectivity index (χ1) is 13.5. The van der Waals surface area contributed by atoms with Gasteiger partial charge in [-0.15, -0.1) is 0 Å². The molecule has 0 bridgehead atoms. The van der Waals surface area contributed by atoms with Gasteiger partial charge in [0.05, 0.1) is 12.0 Å². The monoisotopic (exact) mass is 388 g/mol. The number of fused-ring (bicyclic) bond motifs is 1. The SMILES string of the molecule is CCCC1/C(=C/CCC(=O)O)[C@@H]2CC[C@H](O)[C@@H](C#CC(O)CC3CCCC3)[C@H]12. The lowest BCUT2D eigenvalue weighted by atomic mass is 9.50. The third-order valence-electron chi connectivity index (χ3n) is 7.17. The van der Waals surface area contributed by atoms with Crippen molar-refractivity contribution in [1.29, 1.82) is 0 Å². The molecule has 156 valence electrons. The normalized spacial score (nSPS) is 35.0. The van der Waals surface area contributed by atoms with Gasteiger partial charge in [-0.25, -0.2) is 0 Å². The van der Waals surface area contributed by atoms with Crippen LogP contribution in [0.1, 0.15) is 77.6 Å². The molecular formula is C24H36O4. The Bertz CT molecular complexity index is 622. The zero-order valence-corrected chi connectivity index (χ0v) is 17.1. The fourth-order valence-electron chi connectivity index (χ4n) is 5.87. The Hall–Kier alpha value is -1.31. The number of carboxylic acids is 1. The summed E-state index contributed by atoms with van der Waals surface area (Å²) in [6, 6.07) is 0. The number of aliphatic hydroxyl groups excluding tert-OH is 2.